The van der Waals surface area contributed by atoms with Gasteiger partial charge in [0.15, 0.2) is 10.8 Å². The van der Waals surface area contributed by atoms with Gasteiger partial charge in [-0.25, -0.2) is 0 Å². The minimum atomic E-state index is -4.40. The van der Waals surface area contributed by atoms with E-state index in [1.807, 2.05) is 17.8 Å². The van der Waals surface area contributed by atoms with Crippen LogP contribution in [0.2, 0.25) is 0 Å². The Labute approximate surface area is 161 Å². The normalized spacial score (nSPS) is 14.4. The fourth-order valence-electron chi connectivity index (χ4n) is 2.80. The average Bonchev–Trinajstić information content (AvgIpc) is 3.19. The number of nitrogens with zero attached hydrogens (tertiary/aromatic N) is 4. The maximum absolute atomic E-state index is 12.9. The van der Waals surface area contributed by atoms with Crippen molar-refractivity contribution < 1.29 is 13.2 Å². The number of nitrogens with one attached hydrogen (secondary N) is 2. The first kappa shape index (κ1) is 19.7. The van der Waals surface area contributed by atoms with Crippen molar-refractivity contribution in [3.05, 3.63) is 35.4 Å². The SMILES string of the molecule is CCn1cc(CNC(=S)NCCCn2nc(C(F)(F)F)cc2C2CC2)cn1. The Morgan fingerprint density at radius 1 is 1.33 bits per heavy atom. The third-order valence-corrected chi connectivity index (χ3v) is 4.68. The quantitative estimate of drug-likeness (QED) is 0.527. The van der Waals surface area contributed by atoms with Crippen LogP contribution in [0.4, 0.5) is 13.2 Å². The van der Waals surface area contributed by atoms with Gasteiger partial charge in [0.25, 0.3) is 0 Å². The molecule has 3 rings (SSSR count). The number of thiocarbonyl (C=S) groups is 1. The fraction of sp³-hybridized carbons (Fsp3) is 0.588. The van der Waals surface area contributed by atoms with Gasteiger partial charge in [-0.2, -0.15) is 23.4 Å². The van der Waals surface area contributed by atoms with E-state index in [2.05, 4.69) is 20.8 Å². The Bertz CT molecular complexity index is 778. The van der Waals surface area contributed by atoms with Gasteiger partial charge in [-0.05, 0) is 44.5 Å². The minimum Gasteiger partial charge on any atom is -0.363 e. The molecule has 2 aromatic heterocycles. The highest BCUT2D eigenvalue weighted by atomic mass is 32.1. The molecule has 0 unspecified atom stereocenters. The third kappa shape index (κ3) is 5.44. The van der Waals surface area contributed by atoms with Crippen LogP contribution < -0.4 is 10.6 Å². The molecule has 1 fully saturated rings. The van der Waals surface area contributed by atoms with Gasteiger partial charge in [0.2, 0.25) is 0 Å². The van der Waals surface area contributed by atoms with Gasteiger partial charge < -0.3 is 10.6 Å². The Balaban J connectivity index is 1.42. The van der Waals surface area contributed by atoms with E-state index in [9.17, 15) is 13.2 Å². The zero-order valence-electron chi connectivity index (χ0n) is 15.1. The van der Waals surface area contributed by atoms with Crippen molar-refractivity contribution in [1.29, 1.82) is 0 Å². The van der Waals surface area contributed by atoms with Gasteiger partial charge in [0.05, 0.1) is 6.20 Å². The Morgan fingerprint density at radius 3 is 2.74 bits per heavy atom. The zero-order valence-corrected chi connectivity index (χ0v) is 15.9. The Kier molecular flexibility index (Phi) is 6.03. The highest BCUT2D eigenvalue weighted by molar-refractivity contribution is 7.80. The molecule has 148 valence electrons. The lowest BCUT2D eigenvalue weighted by molar-refractivity contribution is -0.141. The first-order chi connectivity index (χ1) is 12.9. The van der Waals surface area contributed by atoms with E-state index in [0.717, 1.165) is 24.9 Å². The van der Waals surface area contributed by atoms with E-state index >= 15 is 0 Å². The summed E-state index contributed by atoms with van der Waals surface area (Å²) < 4.78 is 42.0. The minimum absolute atomic E-state index is 0.216. The van der Waals surface area contributed by atoms with Gasteiger partial charge >= 0.3 is 6.18 Å². The van der Waals surface area contributed by atoms with Gasteiger partial charge in [0.1, 0.15) is 0 Å². The lowest BCUT2D eigenvalue weighted by Crippen LogP contribution is -2.35. The smallest absolute Gasteiger partial charge is 0.363 e. The highest BCUT2D eigenvalue weighted by Gasteiger charge is 2.37. The van der Waals surface area contributed by atoms with Crippen LogP contribution in [0.3, 0.4) is 0 Å². The van der Waals surface area contributed by atoms with Crippen LogP contribution in [-0.2, 0) is 25.8 Å². The van der Waals surface area contributed by atoms with Crippen molar-refractivity contribution >= 4 is 17.3 Å². The van der Waals surface area contributed by atoms with Crippen molar-refractivity contribution in [2.45, 2.75) is 57.9 Å². The predicted molar refractivity (Wildman–Crippen MR) is 99.2 cm³/mol. The summed E-state index contributed by atoms with van der Waals surface area (Å²) in [7, 11) is 0. The molecule has 0 atom stereocenters. The van der Waals surface area contributed by atoms with Crippen LogP contribution in [0.15, 0.2) is 18.5 Å². The van der Waals surface area contributed by atoms with E-state index in [-0.39, 0.29) is 5.92 Å². The van der Waals surface area contributed by atoms with Crippen molar-refractivity contribution in [2.24, 2.45) is 0 Å². The molecule has 1 aliphatic carbocycles. The van der Waals surface area contributed by atoms with Gasteiger partial charge in [-0.15, -0.1) is 0 Å². The molecule has 2 heterocycles. The molecule has 0 amide bonds. The first-order valence-electron chi connectivity index (χ1n) is 9.04. The molecule has 0 spiro atoms. The molecule has 6 nitrogen and oxygen atoms in total. The van der Waals surface area contributed by atoms with Crippen molar-refractivity contribution in [2.75, 3.05) is 6.54 Å². The van der Waals surface area contributed by atoms with Crippen molar-refractivity contribution in [3.8, 4) is 0 Å². The number of aromatic nitrogens is 4. The third-order valence-electron chi connectivity index (χ3n) is 4.39. The average molecular weight is 400 g/mol. The topological polar surface area (TPSA) is 59.7 Å². The summed E-state index contributed by atoms with van der Waals surface area (Å²) in [5.74, 6) is 0.216. The number of halogens is 3. The first-order valence-corrected chi connectivity index (χ1v) is 9.45. The number of hydrogen-bond acceptors (Lipinski definition) is 3. The zero-order chi connectivity index (χ0) is 19.4. The van der Waals surface area contributed by atoms with Gasteiger partial charge in [-0.3, -0.25) is 9.36 Å². The molecule has 0 saturated heterocycles. The molecule has 2 aromatic rings. The van der Waals surface area contributed by atoms with Gasteiger partial charge in [-0.1, -0.05) is 0 Å². The lowest BCUT2D eigenvalue weighted by atomic mass is 10.2. The van der Waals surface area contributed by atoms with Crippen LogP contribution >= 0.6 is 12.2 Å². The lowest BCUT2D eigenvalue weighted by Gasteiger charge is -2.11. The second-order valence-corrected chi connectivity index (χ2v) is 7.03. The van der Waals surface area contributed by atoms with E-state index in [1.54, 1.807) is 6.20 Å². The van der Waals surface area contributed by atoms with Crippen LogP contribution in [0.5, 0.6) is 0 Å². The maximum Gasteiger partial charge on any atom is 0.435 e. The van der Waals surface area contributed by atoms with Crippen LogP contribution in [0.25, 0.3) is 0 Å². The maximum atomic E-state index is 12.9. The van der Waals surface area contributed by atoms with E-state index in [0.29, 0.717) is 36.9 Å². The van der Waals surface area contributed by atoms with Crippen LogP contribution in [0.1, 0.15) is 49.1 Å². The number of hydrogen-bond donors (Lipinski definition) is 2. The molecule has 0 radical (unpaired) electrons. The van der Waals surface area contributed by atoms with Crippen LogP contribution in [0, 0.1) is 0 Å². The summed E-state index contributed by atoms with van der Waals surface area (Å²) in [6.45, 7) is 4.40. The summed E-state index contributed by atoms with van der Waals surface area (Å²) in [5.41, 5.74) is 0.921. The van der Waals surface area contributed by atoms with E-state index in [4.69, 9.17) is 12.2 Å². The number of alkyl halides is 3. The number of aryl methyl sites for hydroxylation is 2. The molecule has 2 N–H and O–H groups in total. The molecule has 0 aromatic carbocycles. The monoisotopic (exact) mass is 400 g/mol. The molecule has 27 heavy (non-hydrogen) atoms. The van der Waals surface area contributed by atoms with E-state index < -0.39 is 11.9 Å². The van der Waals surface area contributed by atoms with Crippen LogP contribution in [-0.4, -0.2) is 31.2 Å². The standard InChI is InChI=1S/C17H23F3N6S/c1-2-25-11-12(10-23-25)9-22-16(27)21-6-3-7-26-14(13-4-5-13)8-15(24-26)17(18,19)20/h8,10-11,13H,2-7,9H2,1H3,(H2,21,22,27). The second-order valence-electron chi connectivity index (χ2n) is 6.62. The molecule has 1 aliphatic rings. The summed E-state index contributed by atoms with van der Waals surface area (Å²) in [6.07, 6.45) is 1.84. The molecule has 0 bridgehead atoms. The molecular weight excluding hydrogens is 377 g/mol. The fourth-order valence-corrected chi connectivity index (χ4v) is 2.98. The molecule has 10 heteroatoms. The summed E-state index contributed by atoms with van der Waals surface area (Å²) >= 11 is 5.23. The molecule has 0 aliphatic heterocycles. The predicted octanol–water partition coefficient (Wildman–Crippen LogP) is 3.05. The van der Waals surface area contributed by atoms with Gasteiger partial charge in [0, 0.05) is 49.6 Å². The second kappa shape index (κ2) is 8.28. The largest absolute Gasteiger partial charge is 0.435 e. The summed E-state index contributed by atoms with van der Waals surface area (Å²) in [5, 5.41) is 14.6. The summed E-state index contributed by atoms with van der Waals surface area (Å²) in [6, 6.07) is 1.19. The van der Waals surface area contributed by atoms with E-state index in [1.165, 1.54) is 10.7 Å². The van der Waals surface area contributed by atoms with Crippen molar-refractivity contribution in [3.63, 3.8) is 0 Å². The number of rotatable bonds is 8. The summed E-state index contributed by atoms with van der Waals surface area (Å²) in [4.78, 5) is 0. The highest BCUT2D eigenvalue weighted by Crippen LogP contribution is 2.42. The Hall–Kier alpha value is -2.10. The van der Waals surface area contributed by atoms with Crippen molar-refractivity contribution in [1.82, 2.24) is 30.2 Å². The Morgan fingerprint density at radius 2 is 2.11 bits per heavy atom. The molecular formula is C17H23F3N6S. The molecule has 1 saturated carbocycles.